The van der Waals surface area contributed by atoms with Gasteiger partial charge in [-0.2, -0.15) is 4.52 Å². The van der Waals surface area contributed by atoms with Crippen LogP contribution in [0.3, 0.4) is 0 Å². The lowest BCUT2D eigenvalue weighted by atomic mass is 10.2. The zero-order valence-corrected chi connectivity index (χ0v) is 15.3. The monoisotopic (exact) mass is 404 g/mol. The van der Waals surface area contributed by atoms with E-state index in [1.807, 2.05) is 26.0 Å². The first-order chi connectivity index (χ1) is 12.0. The van der Waals surface area contributed by atoms with Gasteiger partial charge in [0, 0.05) is 10.2 Å². The van der Waals surface area contributed by atoms with Crippen molar-refractivity contribution in [1.82, 2.24) is 19.6 Å². The van der Waals surface area contributed by atoms with Gasteiger partial charge in [0.1, 0.15) is 12.0 Å². The number of nitrogens with zero attached hydrogens (tertiary/aromatic N) is 3. The Morgan fingerprint density at radius 3 is 2.88 bits per heavy atom. The molecule has 0 unspecified atom stereocenters. The Labute approximate surface area is 151 Å². The average molecular weight is 405 g/mol. The normalized spacial score (nSPS) is 10.8. The summed E-state index contributed by atoms with van der Waals surface area (Å²) in [7, 11) is 0. The van der Waals surface area contributed by atoms with Crippen LogP contribution in [-0.2, 0) is 6.42 Å². The van der Waals surface area contributed by atoms with Gasteiger partial charge in [0.2, 0.25) is 0 Å². The third-order valence-corrected chi connectivity index (χ3v) is 4.54. The number of aryl methyl sites for hydroxylation is 2. The highest BCUT2D eigenvalue weighted by atomic mass is 79.9. The lowest BCUT2D eigenvalue weighted by molar-refractivity contribution is 0.262. The van der Waals surface area contributed by atoms with Crippen molar-refractivity contribution >= 4 is 39.1 Å². The second-order valence-electron chi connectivity index (χ2n) is 5.55. The van der Waals surface area contributed by atoms with Crippen LogP contribution in [0.25, 0.3) is 5.78 Å². The Kier molecular flexibility index (Phi) is 4.84. The number of anilines is 2. The van der Waals surface area contributed by atoms with Crippen LogP contribution < -0.4 is 16.2 Å². The number of hydrogen-bond acceptors (Lipinski definition) is 4. The Morgan fingerprint density at radius 2 is 2.16 bits per heavy atom. The number of carbonyl (C=O) groups is 1. The number of amides is 2. The molecule has 0 bridgehead atoms. The van der Waals surface area contributed by atoms with Gasteiger partial charge in [0.15, 0.2) is 0 Å². The molecule has 2 amide bonds. The van der Waals surface area contributed by atoms with E-state index in [1.54, 1.807) is 6.07 Å². The van der Waals surface area contributed by atoms with Crippen LogP contribution in [0, 0.1) is 6.92 Å². The predicted octanol–water partition coefficient (Wildman–Crippen LogP) is 3.09. The van der Waals surface area contributed by atoms with E-state index in [-0.39, 0.29) is 11.5 Å². The first-order valence-electron chi connectivity index (χ1n) is 7.78. The first-order valence-corrected chi connectivity index (χ1v) is 8.58. The lowest BCUT2D eigenvalue weighted by Gasteiger charge is -2.11. The van der Waals surface area contributed by atoms with Gasteiger partial charge in [0.05, 0.1) is 5.69 Å². The van der Waals surface area contributed by atoms with Gasteiger partial charge < -0.3 is 10.6 Å². The highest BCUT2D eigenvalue weighted by molar-refractivity contribution is 9.10. The van der Waals surface area contributed by atoms with Crippen molar-refractivity contribution in [2.75, 3.05) is 10.6 Å². The minimum atomic E-state index is -0.502. The quantitative estimate of drug-likeness (QED) is 0.621. The molecule has 0 atom stereocenters. The van der Waals surface area contributed by atoms with Gasteiger partial charge in [-0.1, -0.05) is 29.3 Å². The van der Waals surface area contributed by atoms with Crippen molar-refractivity contribution in [1.29, 1.82) is 0 Å². The van der Waals surface area contributed by atoms with Crippen LogP contribution in [0.1, 0.15) is 24.6 Å². The van der Waals surface area contributed by atoms with E-state index in [1.165, 1.54) is 10.8 Å². The SMILES string of the molecule is CCCc1nc2nc[nH]n2c(=O)c1NC(=O)Nc1ccc(Br)c(C)c1. The lowest BCUT2D eigenvalue weighted by Crippen LogP contribution is -2.28. The maximum Gasteiger partial charge on any atom is 0.323 e. The molecule has 9 heteroatoms. The molecule has 3 rings (SSSR count). The summed E-state index contributed by atoms with van der Waals surface area (Å²) in [6.07, 6.45) is 2.73. The van der Waals surface area contributed by atoms with E-state index >= 15 is 0 Å². The molecule has 3 N–H and O–H groups in total. The van der Waals surface area contributed by atoms with E-state index in [2.05, 4.69) is 41.6 Å². The molecule has 2 heterocycles. The third kappa shape index (κ3) is 3.55. The molecule has 2 aromatic heterocycles. The van der Waals surface area contributed by atoms with Crippen molar-refractivity contribution in [2.24, 2.45) is 0 Å². The highest BCUT2D eigenvalue weighted by Gasteiger charge is 2.16. The average Bonchev–Trinajstić information content (AvgIpc) is 3.03. The Morgan fingerprint density at radius 1 is 1.36 bits per heavy atom. The Balaban J connectivity index is 1.89. The number of aromatic amines is 1. The predicted molar refractivity (Wildman–Crippen MR) is 99.1 cm³/mol. The summed E-state index contributed by atoms with van der Waals surface area (Å²) in [6, 6.07) is 4.95. The smallest absolute Gasteiger partial charge is 0.308 e. The number of urea groups is 1. The number of fused-ring (bicyclic) bond motifs is 1. The molecule has 8 nitrogen and oxygen atoms in total. The van der Waals surface area contributed by atoms with Crippen molar-refractivity contribution in [3.8, 4) is 0 Å². The minimum Gasteiger partial charge on any atom is -0.308 e. The number of hydrogen-bond donors (Lipinski definition) is 3. The Hall–Kier alpha value is -2.68. The number of benzene rings is 1. The maximum atomic E-state index is 12.6. The summed E-state index contributed by atoms with van der Waals surface area (Å²) < 4.78 is 2.15. The second-order valence-corrected chi connectivity index (χ2v) is 6.41. The summed E-state index contributed by atoms with van der Waals surface area (Å²) in [5, 5.41) is 8.03. The van der Waals surface area contributed by atoms with E-state index in [0.29, 0.717) is 17.8 Å². The standard InChI is InChI=1S/C16H17BrN6O2/c1-3-4-12-13(14(24)23-15(21-12)18-8-19-23)22-16(25)20-10-5-6-11(17)9(2)7-10/h5-8H,3-4H2,1-2H3,(H,18,19,21)(H2,20,22,25). The van der Waals surface area contributed by atoms with Gasteiger partial charge in [-0.05, 0) is 37.1 Å². The van der Waals surface area contributed by atoms with Crippen LogP contribution in [0.15, 0.2) is 33.8 Å². The molecule has 0 spiro atoms. The summed E-state index contributed by atoms with van der Waals surface area (Å²) in [4.78, 5) is 33.2. The van der Waals surface area contributed by atoms with E-state index in [0.717, 1.165) is 16.5 Å². The van der Waals surface area contributed by atoms with Gasteiger partial charge >= 0.3 is 6.03 Å². The zero-order valence-electron chi connectivity index (χ0n) is 13.8. The molecule has 0 saturated heterocycles. The van der Waals surface area contributed by atoms with Crippen LogP contribution in [0.4, 0.5) is 16.2 Å². The molecule has 1 aromatic carbocycles. The van der Waals surface area contributed by atoms with Gasteiger partial charge in [-0.25, -0.2) is 14.8 Å². The molecule has 0 aliphatic carbocycles. The Bertz CT molecular complexity index is 994. The maximum absolute atomic E-state index is 12.6. The molecule has 25 heavy (non-hydrogen) atoms. The van der Waals surface area contributed by atoms with E-state index in [4.69, 9.17) is 0 Å². The number of H-pyrrole nitrogens is 1. The topological polar surface area (TPSA) is 104 Å². The minimum absolute atomic E-state index is 0.148. The van der Waals surface area contributed by atoms with Crippen molar-refractivity contribution in [3.63, 3.8) is 0 Å². The van der Waals surface area contributed by atoms with Gasteiger partial charge in [0.25, 0.3) is 11.3 Å². The molecule has 130 valence electrons. The fourth-order valence-electron chi connectivity index (χ4n) is 2.44. The van der Waals surface area contributed by atoms with Crippen molar-refractivity contribution in [3.05, 3.63) is 50.6 Å². The molecule has 3 aromatic rings. The number of aromatic nitrogens is 4. The zero-order chi connectivity index (χ0) is 18.0. The number of nitrogens with one attached hydrogen (secondary N) is 3. The van der Waals surface area contributed by atoms with Crippen LogP contribution in [0.2, 0.25) is 0 Å². The van der Waals surface area contributed by atoms with E-state index in [9.17, 15) is 9.59 Å². The molecule has 0 aliphatic rings. The van der Waals surface area contributed by atoms with E-state index < -0.39 is 11.6 Å². The fourth-order valence-corrected chi connectivity index (χ4v) is 2.69. The summed E-state index contributed by atoms with van der Waals surface area (Å²) >= 11 is 3.41. The molecular weight excluding hydrogens is 388 g/mol. The molecule has 0 aliphatic heterocycles. The van der Waals surface area contributed by atoms with Crippen molar-refractivity contribution in [2.45, 2.75) is 26.7 Å². The van der Waals surface area contributed by atoms with Crippen LogP contribution >= 0.6 is 15.9 Å². The second kappa shape index (κ2) is 7.06. The third-order valence-electron chi connectivity index (χ3n) is 3.65. The first kappa shape index (κ1) is 17.2. The summed E-state index contributed by atoms with van der Waals surface area (Å²) in [5.41, 5.74) is 1.89. The van der Waals surface area contributed by atoms with Gasteiger partial charge in [-0.15, -0.1) is 0 Å². The molecule has 0 radical (unpaired) electrons. The number of carbonyl (C=O) groups excluding carboxylic acids is 1. The van der Waals surface area contributed by atoms with Crippen LogP contribution in [0.5, 0.6) is 0 Å². The highest BCUT2D eigenvalue weighted by Crippen LogP contribution is 2.20. The van der Waals surface area contributed by atoms with Gasteiger partial charge in [-0.3, -0.25) is 9.89 Å². The fraction of sp³-hybridized carbons (Fsp3) is 0.250. The van der Waals surface area contributed by atoms with Crippen molar-refractivity contribution < 1.29 is 4.79 Å². The summed E-state index contributed by atoms with van der Waals surface area (Å²) in [5.74, 6) is 0.281. The largest absolute Gasteiger partial charge is 0.323 e. The molecule has 0 fully saturated rings. The summed E-state index contributed by atoms with van der Waals surface area (Å²) in [6.45, 7) is 3.90. The molecule has 0 saturated carbocycles. The number of rotatable bonds is 4. The number of halogens is 1. The molecular formula is C16H17BrN6O2. The van der Waals surface area contributed by atoms with Crippen LogP contribution in [-0.4, -0.2) is 25.6 Å².